The summed E-state index contributed by atoms with van der Waals surface area (Å²) in [5.74, 6) is -6.81. The van der Waals surface area contributed by atoms with E-state index in [1.54, 1.807) is 93.0 Å². The Morgan fingerprint density at radius 1 is 0.643 bits per heavy atom. The molecule has 0 aliphatic rings. The molecule has 0 fully saturated rings. The van der Waals surface area contributed by atoms with E-state index >= 15 is 0 Å². The predicted octanol–water partition coefficient (Wildman–Crippen LogP) is 5.26. The van der Waals surface area contributed by atoms with Gasteiger partial charge in [-0.05, 0) is 117 Å². The molecule has 26 heteroatoms. The number of H-pyrrole nitrogens is 1. The van der Waals surface area contributed by atoms with Gasteiger partial charge >= 0.3 is 18.3 Å². The molecule has 19 nitrogen and oxygen atoms in total. The molecular weight excluding hydrogens is 1130 g/mol. The first-order chi connectivity index (χ1) is 39.4. The van der Waals surface area contributed by atoms with E-state index in [1.165, 1.54) is 44.7 Å². The number of para-hydroxylation sites is 1. The number of halogens is 6. The van der Waals surface area contributed by atoms with Crippen LogP contribution in [0.25, 0.3) is 10.9 Å². The number of fused-ring (bicyclic) bond motifs is 1. The topological polar surface area (TPSA) is 292 Å². The number of hydrogen-bond acceptors (Lipinski definition) is 12. The Bertz CT molecular complexity index is 3070. The Balaban J connectivity index is 1.27. The summed E-state index contributed by atoms with van der Waals surface area (Å²) in [5.41, 5.74) is 2.72. The van der Waals surface area contributed by atoms with Gasteiger partial charge in [0.1, 0.15) is 48.1 Å². The van der Waals surface area contributed by atoms with Crippen LogP contribution in [-0.4, -0.2) is 118 Å². The van der Waals surface area contributed by atoms with Gasteiger partial charge in [-0.3, -0.25) is 33.6 Å². The minimum atomic E-state index is -5.18. The van der Waals surface area contributed by atoms with Crippen molar-refractivity contribution in [2.24, 2.45) is 11.7 Å². The Kier molecular flexibility index (Phi) is 23.7. The summed E-state index contributed by atoms with van der Waals surface area (Å²) < 4.78 is 87.4. The van der Waals surface area contributed by atoms with Crippen molar-refractivity contribution in [1.29, 1.82) is 0 Å². The molecule has 0 radical (unpaired) electrons. The zero-order valence-electron chi connectivity index (χ0n) is 46.9. The quantitative estimate of drug-likeness (QED) is 0.0227. The fourth-order valence-corrected chi connectivity index (χ4v) is 9.07. The number of phenols is 1. The summed E-state index contributed by atoms with van der Waals surface area (Å²) in [4.78, 5) is 113. The number of ether oxygens (including phenoxy) is 1. The maximum absolute atomic E-state index is 14.3. The molecule has 84 heavy (non-hydrogen) atoms. The zero-order chi connectivity index (χ0) is 62.1. The smallest absolute Gasteiger partial charge is 0.416 e. The van der Waals surface area contributed by atoms with Crippen molar-refractivity contribution in [3.8, 4) is 5.75 Å². The van der Waals surface area contributed by atoms with Crippen LogP contribution in [0.1, 0.15) is 80.8 Å². The number of benzene rings is 4. The molecule has 0 unspecified atom stereocenters. The lowest BCUT2D eigenvalue weighted by atomic mass is 9.98. The van der Waals surface area contributed by atoms with Crippen molar-refractivity contribution >= 4 is 70.0 Å². The van der Waals surface area contributed by atoms with E-state index in [4.69, 9.17) is 10.5 Å². The van der Waals surface area contributed by atoms with Crippen LogP contribution in [0.5, 0.6) is 5.75 Å². The number of amides is 7. The third-order valence-corrected chi connectivity index (χ3v) is 13.8. The number of esters is 1. The normalized spacial score (nSPS) is 14.0. The fourth-order valence-electron chi connectivity index (χ4n) is 8.60. The molecule has 6 atom stereocenters. The first-order valence-corrected chi connectivity index (χ1v) is 28.0. The molecule has 11 N–H and O–H groups in total. The highest BCUT2D eigenvalue weighted by atomic mass is 32.2. The van der Waals surface area contributed by atoms with Gasteiger partial charge in [0.25, 0.3) is 0 Å². The van der Waals surface area contributed by atoms with Crippen LogP contribution in [0.2, 0.25) is 0 Å². The van der Waals surface area contributed by atoms with Gasteiger partial charge in [-0.15, -0.1) is 0 Å². The standard InChI is InChI=1S/C58H69F6N9O10S/c1-32(2)22-45(51(78)71-47(27-37-29-66-43-15-11-10-14-41(37)43)54(81)83-31-36-23-38(57(59,60)61)28-39(24-36)58(62,63)64)72-55(82)56(4,5)73-53(80)44(20-21-84-6)70-52(79)46(26-34-12-8-7-9-13-34)69-48(75)30-67-49(76)33(3)68-50(77)42(65)25-35-16-18-40(74)19-17-35/h7-19,23-24,28-29,32-33,42,44-47,66,74H,20-22,25-27,30-31,65H2,1-6H3,(H,67,76)(H,68,77)(H,69,75)(H,70,79)(H,71,78)(H,72,82)(H,73,80)/t33-,42+,44+,45+,46+,47+/m1/s1. The lowest BCUT2D eigenvalue weighted by molar-refractivity contribution is -0.149. The molecule has 0 saturated heterocycles. The third-order valence-electron chi connectivity index (χ3n) is 13.1. The Hall–Kier alpha value is -8.13. The summed E-state index contributed by atoms with van der Waals surface area (Å²) in [7, 11) is 0. The Labute approximate surface area is 485 Å². The Morgan fingerprint density at radius 3 is 1.86 bits per heavy atom. The average Bonchev–Trinajstić information content (AvgIpc) is 3.72. The van der Waals surface area contributed by atoms with Gasteiger partial charge in [-0.2, -0.15) is 38.1 Å². The third kappa shape index (κ3) is 20.3. The number of aromatic hydroxyl groups is 1. The van der Waals surface area contributed by atoms with Gasteiger partial charge in [0.05, 0.1) is 23.7 Å². The van der Waals surface area contributed by atoms with Gasteiger partial charge < -0.3 is 57.8 Å². The number of alkyl halides is 6. The molecule has 1 aromatic heterocycles. The summed E-state index contributed by atoms with van der Waals surface area (Å²) in [5, 5.41) is 28.2. The van der Waals surface area contributed by atoms with E-state index in [-0.39, 0.29) is 49.8 Å². The number of aromatic amines is 1. The highest BCUT2D eigenvalue weighted by molar-refractivity contribution is 7.98. The maximum atomic E-state index is 14.3. The largest absolute Gasteiger partial charge is 0.508 e. The average molecular weight is 1200 g/mol. The molecule has 4 aromatic carbocycles. The second-order valence-electron chi connectivity index (χ2n) is 21.0. The van der Waals surface area contributed by atoms with Crippen molar-refractivity contribution in [1.82, 2.24) is 42.2 Å². The first-order valence-electron chi connectivity index (χ1n) is 26.6. The van der Waals surface area contributed by atoms with E-state index < -0.39 is 131 Å². The number of hydrogen-bond donors (Lipinski definition) is 10. The number of carbonyl (C=O) groups excluding carboxylic acids is 8. The molecule has 0 aliphatic heterocycles. The fraction of sp³-hybridized carbons (Fsp3) is 0.414. The molecule has 5 aromatic rings. The molecular formula is C58H69F6N9O10S. The number of nitrogens with one attached hydrogen (secondary N) is 8. The van der Waals surface area contributed by atoms with Crippen molar-refractivity contribution in [2.75, 3.05) is 18.6 Å². The molecule has 0 spiro atoms. The number of carbonyl (C=O) groups is 8. The van der Waals surface area contributed by atoms with Crippen LogP contribution in [0, 0.1) is 5.92 Å². The summed E-state index contributed by atoms with van der Waals surface area (Å²) >= 11 is 1.34. The molecule has 454 valence electrons. The van der Waals surface area contributed by atoms with Gasteiger partial charge in [-0.1, -0.05) is 74.5 Å². The van der Waals surface area contributed by atoms with E-state index in [9.17, 15) is 69.8 Å². The van der Waals surface area contributed by atoms with E-state index in [0.29, 0.717) is 45.5 Å². The van der Waals surface area contributed by atoms with Crippen molar-refractivity contribution in [2.45, 2.75) is 127 Å². The molecule has 0 saturated carbocycles. The molecule has 0 bridgehead atoms. The number of rotatable bonds is 28. The molecule has 5 rings (SSSR count). The minimum absolute atomic E-state index is 0.0320. The zero-order valence-corrected chi connectivity index (χ0v) is 47.7. The van der Waals surface area contributed by atoms with E-state index in [0.717, 1.165) is 0 Å². The number of nitrogens with two attached hydrogens (primary N) is 1. The van der Waals surface area contributed by atoms with Crippen molar-refractivity contribution in [3.05, 3.63) is 137 Å². The lowest BCUT2D eigenvalue weighted by Crippen LogP contribution is -2.63. The van der Waals surface area contributed by atoms with Gasteiger partial charge in [0.15, 0.2) is 0 Å². The van der Waals surface area contributed by atoms with Crippen LogP contribution in [0.4, 0.5) is 26.3 Å². The summed E-state index contributed by atoms with van der Waals surface area (Å²) in [6, 6.07) is 14.4. The van der Waals surface area contributed by atoms with Gasteiger partial charge in [-0.25, -0.2) is 4.79 Å². The molecule has 7 amide bonds. The van der Waals surface area contributed by atoms with Crippen LogP contribution in [-0.2, 0) is 81.3 Å². The monoisotopic (exact) mass is 1200 g/mol. The SMILES string of the molecule is CSCC[C@H](NC(=O)[C@H](Cc1ccccc1)NC(=O)CNC(=O)[C@@H](C)NC(=O)[C@@H](N)Cc1ccc(O)cc1)C(=O)NC(C)(C)C(=O)N[C@@H](CC(C)C)C(=O)N[C@@H](Cc1c[nH]c2ccccc12)C(=O)OCc1cc(C(F)(F)F)cc(C(F)(F)F)c1. The predicted molar refractivity (Wildman–Crippen MR) is 301 cm³/mol. The molecule has 0 aliphatic carbocycles. The van der Waals surface area contributed by atoms with Gasteiger partial charge in [0.2, 0.25) is 41.4 Å². The number of aromatic nitrogens is 1. The minimum Gasteiger partial charge on any atom is -0.508 e. The van der Waals surface area contributed by atoms with Crippen LogP contribution in [0.15, 0.2) is 103 Å². The highest BCUT2D eigenvalue weighted by Gasteiger charge is 2.39. The van der Waals surface area contributed by atoms with E-state index in [1.807, 2.05) is 0 Å². The molecule has 1 heterocycles. The second-order valence-corrected chi connectivity index (χ2v) is 22.0. The lowest BCUT2D eigenvalue weighted by Gasteiger charge is -2.31. The van der Waals surface area contributed by atoms with Crippen LogP contribution in [0.3, 0.4) is 0 Å². The second kappa shape index (κ2) is 29.9. The first kappa shape index (κ1) is 66.7. The number of thioether (sulfide) groups is 1. The van der Waals surface area contributed by atoms with Crippen LogP contribution < -0.4 is 43.0 Å². The van der Waals surface area contributed by atoms with Crippen LogP contribution >= 0.6 is 11.8 Å². The highest BCUT2D eigenvalue weighted by Crippen LogP contribution is 2.36. The van der Waals surface area contributed by atoms with E-state index in [2.05, 4.69) is 42.2 Å². The summed E-state index contributed by atoms with van der Waals surface area (Å²) in [6.45, 7) is 5.83. The summed E-state index contributed by atoms with van der Waals surface area (Å²) in [6.07, 6.45) is -7.31. The Morgan fingerprint density at radius 2 is 1.24 bits per heavy atom. The van der Waals surface area contributed by atoms with Crippen molar-refractivity contribution in [3.63, 3.8) is 0 Å². The maximum Gasteiger partial charge on any atom is 0.416 e. The van der Waals surface area contributed by atoms with Crippen molar-refractivity contribution < 1.29 is 74.5 Å². The number of phenolic OH excluding ortho intramolecular Hbond substituents is 1. The van der Waals surface area contributed by atoms with Gasteiger partial charge in [0, 0.05) is 29.9 Å².